The molecule has 17 heavy (non-hydrogen) atoms. The van der Waals surface area contributed by atoms with Crippen molar-refractivity contribution >= 4 is 5.78 Å². The average Bonchev–Trinajstić information content (AvgIpc) is 2.57. The summed E-state index contributed by atoms with van der Waals surface area (Å²) in [6, 6.07) is 7.98. The summed E-state index contributed by atoms with van der Waals surface area (Å²) in [5.41, 5.74) is 0.790. The van der Waals surface area contributed by atoms with Crippen LogP contribution in [-0.4, -0.2) is 29.9 Å². The number of Topliss-reactive ketones (excluding diaryl/α,β-unsaturated/α-hetero) is 1. The first-order chi connectivity index (χ1) is 8.05. The maximum absolute atomic E-state index is 11.8. The Morgan fingerprint density at radius 3 is 2.65 bits per heavy atom. The summed E-state index contributed by atoms with van der Waals surface area (Å²) >= 11 is 0. The zero-order chi connectivity index (χ0) is 12.5. The highest BCUT2D eigenvalue weighted by molar-refractivity contribution is 5.89. The summed E-state index contributed by atoms with van der Waals surface area (Å²) in [6.07, 6.45) is 0.655. The first kappa shape index (κ1) is 12.1. The number of likely N-dealkylation sites (tertiary alicyclic amines) is 1. The van der Waals surface area contributed by atoms with Crippen LogP contribution in [0.3, 0.4) is 0 Å². The molecule has 1 fully saturated rings. The highest BCUT2D eigenvalue weighted by atomic mass is 16.5. The van der Waals surface area contributed by atoms with Crippen molar-refractivity contribution in [2.75, 3.05) is 13.7 Å². The number of hydrogen-bond donors (Lipinski definition) is 0. The second kappa shape index (κ2) is 4.49. The molecule has 2 rings (SSSR count). The Labute approximate surface area is 102 Å². The number of ketones is 1. The molecule has 0 bridgehead atoms. The molecular formula is C14H19NO2. The summed E-state index contributed by atoms with van der Waals surface area (Å²) < 4.78 is 5.34. The minimum Gasteiger partial charge on any atom is -0.496 e. The van der Waals surface area contributed by atoms with Gasteiger partial charge in [0.2, 0.25) is 0 Å². The lowest BCUT2D eigenvalue weighted by molar-refractivity contribution is -0.123. The topological polar surface area (TPSA) is 29.5 Å². The Hall–Kier alpha value is -1.35. The zero-order valence-electron chi connectivity index (χ0n) is 10.7. The number of methoxy groups -OCH3 is 1. The highest BCUT2D eigenvalue weighted by Crippen LogP contribution is 2.29. The molecule has 0 N–H and O–H groups in total. The Kier molecular flexibility index (Phi) is 3.20. The standard InChI is InChI=1S/C14H19NO2/c1-14(2)13(16)8-9-15(14)10-11-6-4-5-7-12(11)17-3/h4-7H,8-10H2,1-3H3. The monoisotopic (exact) mass is 233 g/mol. The Morgan fingerprint density at radius 2 is 2.06 bits per heavy atom. The molecule has 0 amide bonds. The third kappa shape index (κ3) is 2.20. The third-order valence-electron chi connectivity index (χ3n) is 3.64. The lowest BCUT2D eigenvalue weighted by Gasteiger charge is -2.30. The number of nitrogens with zero attached hydrogens (tertiary/aromatic N) is 1. The molecule has 0 atom stereocenters. The van der Waals surface area contributed by atoms with E-state index in [1.807, 2.05) is 32.0 Å². The summed E-state index contributed by atoms with van der Waals surface area (Å²) in [5, 5.41) is 0. The number of carbonyl (C=O) groups excluding carboxylic acids is 1. The fraction of sp³-hybridized carbons (Fsp3) is 0.500. The van der Waals surface area contributed by atoms with Gasteiger partial charge in [-0.15, -0.1) is 0 Å². The van der Waals surface area contributed by atoms with Crippen molar-refractivity contribution < 1.29 is 9.53 Å². The number of carbonyl (C=O) groups is 1. The van der Waals surface area contributed by atoms with Gasteiger partial charge in [-0.2, -0.15) is 0 Å². The minimum absolute atomic E-state index is 0.326. The molecule has 0 aromatic heterocycles. The fourth-order valence-corrected chi connectivity index (χ4v) is 2.31. The number of hydrogen-bond acceptors (Lipinski definition) is 3. The molecule has 1 aliphatic rings. The van der Waals surface area contributed by atoms with Crippen molar-refractivity contribution in [3.8, 4) is 5.75 Å². The van der Waals surface area contributed by atoms with Crippen LogP contribution in [-0.2, 0) is 11.3 Å². The fourth-order valence-electron chi connectivity index (χ4n) is 2.31. The minimum atomic E-state index is -0.346. The van der Waals surface area contributed by atoms with Gasteiger partial charge in [-0.25, -0.2) is 0 Å². The van der Waals surface area contributed by atoms with Crippen molar-refractivity contribution in [3.63, 3.8) is 0 Å². The molecule has 0 unspecified atom stereocenters. The number of ether oxygens (including phenoxy) is 1. The Morgan fingerprint density at radius 1 is 1.35 bits per heavy atom. The van der Waals surface area contributed by atoms with Gasteiger partial charge in [0.15, 0.2) is 5.78 Å². The molecule has 3 nitrogen and oxygen atoms in total. The second-order valence-electron chi connectivity index (χ2n) is 4.97. The maximum Gasteiger partial charge on any atom is 0.153 e. The smallest absolute Gasteiger partial charge is 0.153 e. The molecule has 1 heterocycles. The normalized spacial score (nSPS) is 19.6. The number of benzene rings is 1. The van der Waals surface area contributed by atoms with Crippen LogP contribution in [0.2, 0.25) is 0 Å². The van der Waals surface area contributed by atoms with Crippen LogP contribution < -0.4 is 4.74 Å². The molecule has 92 valence electrons. The maximum atomic E-state index is 11.8. The summed E-state index contributed by atoms with van der Waals surface area (Å²) in [7, 11) is 1.68. The van der Waals surface area contributed by atoms with Crippen molar-refractivity contribution in [2.24, 2.45) is 0 Å². The van der Waals surface area contributed by atoms with Gasteiger partial charge in [-0.05, 0) is 19.9 Å². The van der Waals surface area contributed by atoms with E-state index < -0.39 is 0 Å². The van der Waals surface area contributed by atoms with E-state index in [2.05, 4.69) is 11.0 Å². The average molecular weight is 233 g/mol. The van der Waals surface area contributed by atoms with Gasteiger partial charge in [-0.1, -0.05) is 18.2 Å². The second-order valence-corrected chi connectivity index (χ2v) is 4.97. The first-order valence-corrected chi connectivity index (χ1v) is 5.96. The van der Waals surface area contributed by atoms with Gasteiger partial charge in [0, 0.05) is 25.1 Å². The van der Waals surface area contributed by atoms with Gasteiger partial charge < -0.3 is 4.74 Å². The zero-order valence-corrected chi connectivity index (χ0v) is 10.7. The van der Waals surface area contributed by atoms with Crippen molar-refractivity contribution in [1.82, 2.24) is 4.90 Å². The van der Waals surface area contributed by atoms with Crippen LogP contribution in [0.25, 0.3) is 0 Å². The Bertz CT molecular complexity index is 426. The number of para-hydroxylation sites is 1. The number of rotatable bonds is 3. The molecule has 0 spiro atoms. The van der Waals surface area contributed by atoms with E-state index in [0.717, 1.165) is 24.4 Å². The van der Waals surface area contributed by atoms with E-state index in [1.54, 1.807) is 7.11 Å². The SMILES string of the molecule is COc1ccccc1CN1CCC(=O)C1(C)C. The van der Waals surface area contributed by atoms with Gasteiger partial charge in [-0.3, -0.25) is 9.69 Å². The van der Waals surface area contributed by atoms with Gasteiger partial charge in [0.05, 0.1) is 12.6 Å². The lowest BCUT2D eigenvalue weighted by Crippen LogP contribution is -2.42. The predicted molar refractivity (Wildman–Crippen MR) is 67.1 cm³/mol. The molecule has 1 aromatic carbocycles. The van der Waals surface area contributed by atoms with E-state index in [9.17, 15) is 4.79 Å². The molecule has 1 aromatic rings. The lowest BCUT2D eigenvalue weighted by atomic mass is 10.00. The Balaban J connectivity index is 2.19. The molecule has 0 aliphatic carbocycles. The van der Waals surface area contributed by atoms with E-state index in [-0.39, 0.29) is 5.54 Å². The van der Waals surface area contributed by atoms with E-state index >= 15 is 0 Å². The molecule has 0 saturated carbocycles. The van der Waals surface area contributed by atoms with E-state index in [1.165, 1.54) is 0 Å². The highest BCUT2D eigenvalue weighted by Gasteiger charge is 2.39. The molecule has 1 aliphatic heterocycles. The van der Waals surface area contributed by atoms with Crippen LogP contribution in [0.4, 0.5) is 0 Å². The van der Waals surface area contributed by atoms with Crippen LogP contribution in [0, 0.1) is 0 Å². The van der Waals surface area contributed by atoms with Crippen molar-refractivity contribution in [3.05, 3.63) is 29.8 Å². The van der Waals surface area contributed by atoms with Crippen LogP contribution >= 0.6 is 0 Å². The molecule has 0 radical (unpaired) electrons. The predicted octanol–water partition coefficient (Wildman–Crippen LogP) is 2.25. The summed E-state index contributed by atoms with van der Waals surface area (Å²) in [5.74, 6) is 1.22. The summed E-state index contributed by atoms with van der Waals surface area (Å²) in [6.45, 7) is 5.60. The van der Waals surface area contributed by atoms with Crippen molar-refractivity contribution in [1.29, 1.82) is 0 Å². The van der Waals surface area contributed by atoms with Gasteiger partial charge >= 0.3 is 0 Å². The summed E-state index contributed by atoms with van der Waals surface area (Å²) in [4.78, 5) is 14.0. The van der Waals surface area contributed by atoms with Crippen LogP contribution in [0.15, 0.2) is 24.3 Å². The van der Waals surface area contributed by atoms with Gasteiger partial charge in [0.1, 0.15) is 5.75 Å². The van der Waals surface area contributed by atoms with Crippen molar-refractivity contribution in [2.45, 2.75) is 32.4 Å². The van der Waals surface area contributed by atoms with Gasteiger partial charge in [0.25, 0.3) is 0 Å². The third-order valence-corrected chi connectivity index (χ3v) is 3.64. The van der Waals surface area contributed by atoms with Crippen LogP contribution in [0.5, 0.6) is 5.75 Å². The van der Waals surface area contributed by atoms with E-state index in [0.29, 0.717) is 12.2 Å². The molecule has 3 heteroatoms. The first-order valence-electron chi connectivity index (χ1n) is 5.96. The largest absolute Gasteiger partial charge is 0.496 e. The molecule has 1 saturated heterocycles. The van der Waals surface area contributed by atoms with Crippen LogP contribution in [0.1, 0.15) is 25.8 Å². The molecular weight excluding hydrogens is 214 g/mol. The quantitative estimate of drug-likeness (QED) is 0.802. The van der Waals surface area contributed by atoms with E-state index in [4.69, 9.17) is 4.74 Å².